The summed E-state index contributed by atoms with van der Waals surface area (Å²) in [6.07, 6.45) is -7.60. The third kappa shape index (κ3) is 7.07. The third-order valence-electron chi connectivity index (χ3n) is 5.80. The van der Waals surface area contributed by atoms with Crippen molar-refractivity contribution in [3.8, 4) is 0 Å². The summed E-state index contributed by atoms with van der Waals surface area (Å²) >= 11 is 0. The van der Waals surface area contributed by atoms with Crippen molar-refractivity contribution in [3.63, 3.8) is 0 Å². The molecule has 10 heteroatoms. The summed E-state index contributed by atoms with van der Waals surface area (Å²) in [6, 6.07) is 24.1. The SMILES string of the molecule is CC(=O)O[C@H]1C(OC(=O)c2ccccc2)[C@@H](OC(=O)c2ccccc2)C(COC(=O)c2ccccc2)O[C@H]1O. The molecule has 4 rings (SSSR count). The first kappa shape index (κ1) is 27.5. The van der Waals surface area contributed by atoms with E-state index < -0.39 is 61.2 Å². The second kappa shape index (κ2) is 12.8. The highest BCUT2D eigenvalue weighted by atomic mass is 16.7. The van der Waals surface area contributed by atoms with Gasteiger partial charge < -0.3 is 28.8 Å². The Bertz CT molecular complexity index is 1280. The van der Waals surface area contributed by atoms with Crippen molar-refractivity contribution in [2.75, 3.05) is 6.61 Å². The Morgan fingerprint density at radius 3 is 1.54 bits per heavy atom. The number of ether oxygens (including phenoxy) is 5. The Kier molecular flexibility index (Phi) is 9.03. The molecular formula is C29H26O10. The summed E-state index contributed by atoms with van der Waals surface area (Å²) in [6.45, 7) is 0.616. The zero-order chi connectivity index (χ0) is 27.8. The van der Waals surface area contributed by atoms with Crippen LogP contribution in [0.15, 0.2) is 91.0 Å². The van der Waals surface area contributed by atoms with Crippen molar-refractivity contribution >= 4 is 23.9 Å². The van der Waals surface area contributed by atoms with Gasteiger partial charge in [-0.3, -0.25) is 4.79 Å². The van der Waals surface area contributed by atoms with Crippen molar-refractivity contribution < 1.29 is 48.0 Å². The molecule has 10 nitrogen and oxygen atoms in total. The van der Waals surface area contributed by atoms with E-state index >= 15 is 0 Å². The van der Waals surface area contributed by atoms with Crippen LogP contribution in [0.5, 0.6) is 0 Å². The summed E-state index contributed by atoms with van der Waals surface area (Å²) < 4.78 is 27.5. The molecule has 0 spiro atoms. The van der Waals surface area contributed by atoms with Gasteiger partial charge in [0.15, 0.2) is 24.6 Å². The van der Waals surface area contributed by atoms with Crippen LogP contribution in [0.25, 0.3) is 0 Å². The molecule has 0 aromatic heterocycles. The molecule has 5 atom stereocenters. The lowest BCUT2D eigenvalue weighted by molar-refractivity contribution is -0.288. The van der Waals surface area contributed by atoms with Gasteiger partial charge in [-0.1, -0.05) is 54.6 Å². The number of rotatable bonds is 8. The number of benzene rings is 3. The van der Waals surface area contributed by atoms with Crippen LogP contribution in [0.2, 0.25) is 0 Å². The van der Waals surface area contributed by atoms with Gasteiger partial charge >= 0.3 is 23.9 Å². The van der Waals surface area contributed by atoms with E-state index in [0.717, 1.165) is 6.92 Å². The van der Waals surface area contributed by atoms with E-state index in [4.69, 9.17) is 23.7 Å². The minimum atomic E-state index is -1.80. The zero-order valence-electron chi connectivity index (χ0n) is 20.9. The molecule has 202 valence electrons. The number of carbonyl (C=O) groups is 4. The average Bonchev–Trinajstić information content (AvgIpc) is 2.96. The van der Waals surface area contributed by atoms with Crippen LogP contribution in [0.3, 0.4) is 0 Å². The lowest BCUT2D eigenvalue weighted by Crippen LogP contribution is -2.62. The first-order valence-corrected chi connectivity index (χ1v) is 12.1. The van der Waals surface area contributed by atoms with Crippen LogP contribution in [-0.4, -0.2) is 66.3 Å². The normalized spacial score (nSPS) is 22.3. The number of hydrogen-bond donors (Lipinski definition) is 1. The highest BCUT2D eigenvalue weighted by Crippen LogP contribution is 2.29. The van der Waals surface area contributed by atoms with Gasteiger partial charge in [-0.15, -0.1) is 0 Å². The molecule has 1 aliphatic heterocycles. The van der Waals surface area contributed by atoms with E-state index in [9.17, 15) is 24.3 Å². The molecule has 0 radical (unpaired) electrons. The Morgan fingerprint density at radius 2 is 1.08 bits per heavy atom. The molecular weight excluding hydrogens is 508 g/mol. The predicted molar refractivity (Wildman–Crippen MR) is 134 cm³/mol. The molecule has 1 aliphatic rings. The maximum atomic E-state index is 13.0. The molecule has 3 aromatic carbocycles. The van der Waals surface area contributed by atoms with Crippen molar-refractivity contribution in [1.29, 1.82) is 0 Å². The summed E-state index contributed by atoms with van der Waals surface area (Å²) in [5, 5.41) is 10.7. The van der Waals surface area contributed by atoms with Gasteiger partial charge in [0.1, 0.15) is 12.7 Å². The Hall–Kier alpha value is -4.54. The lowest BCUT2D eigenvalue weighted by atomic mass is 9.98. The van der Waals surface area contributed by atoms with Crippen molar-refractivity contribution in [3.05, 3.63) is 108 Å². The van der Waals surface area contributed by atoms with Crippen LogP contribution in [-0.2, 0) is 28.5 Å². The fourth-order valence-corrected chi connectivity index (χ4v) is 3.97. The highest BCUT2D eigenvalue weighted by molar-refractivity contribution is 5.91. The van der Waals surface area contributed by atoms with Gasteiger partial charge in [-0.2, -0.15) is 0 Å². The average molecular weight is 535 g/mol. The fourth-order valence-electron chi connectivity index (χ4n) is 3.97. The maximum Gasteiger partial charge on any atom is 0.338 e. The monoisotopic (exact) mass is 534 g/mol. The van der Waals surface area contributed by atoms with Crippen LogP contribution in [0.1, 0.15) is 38.0 Å². The van der Waals surface area contributed by atoms with E-state index in [0.29, 0.717) is 0 Å². The Morgan fingerprint density at radius 1 is 0.641 bits per heavy atom. The Balaban J connectivity index is 1.64. The van der Waals surface area contributed by atoms with Crippen molar-refractivity contribution in [2.45, 2.75) is 37.6 Å². The smallest absolute Gasteiger partial charge is 0.338 e. The van der Waals surface area contributed by atoms with E-state index in [1.54, 1.807) is 66.7 Å². The fraction of sp³-hybridized carbons (Fsp3) is 0.241. The second-order valence-corrected chi connectivity index (χ2v) is 8.58. The molecule has 1 heterocycles. The molecule has 0 bridgehead atoms. The molecule has 0 amide bonds. The number of carbonyl (C=O) groups excluding carboxylic acids is 4. The van der Waals surface area contributed by atoms with Crippen LogP contribution >= 0.6 is 0 Å². The second-order valence-electron chi connectivity index (χ2n) is 8.58. The molecule has 1 N–H and O–H groups in total. The maximum absolute atomic E-state index is 13.0. The Labute approximate surface area is 224 Å². The number of aliphatic hydroxyl groups excluding tert-OH is 1. The van der Waals surface area contributed by atoms with Gasteiger partial charge in [-0.25, -0.2) is 14.4 Å². The van der Waals surface area contributed by atoms with E-state index in [-0.39, 0.29) is 16.7 Å². The topological polar surface area (TPSA) is 135 Å². The quantitative estimate of drug-likeness (QED) is 0.339. The van der Waals surface area contributed by atoms with Gasteiger partial charge in [-0.05, 0) is 36.4 Å². The number of esters is 4. The van der Waals surface area contributed by atoms with E-state index in [1.807, 2.05) is 0 Å². The summed E-state index contributed by atoms with van der Waals surface area (Å²) in [5.74, 6) is -3.12. The minimum Gasteiger partial charge on any atom is -0.459 e. The summed E-state index contributed by atoms with van der Waals surface area (Å²) in [5.41, 5.74) is 0.609. The molecule has 3 aromatic rings. The molecule has 1 saturated heterocycles. The zero-order valence-corrected chi connectivity index (χ0v) is 20.9. The molecule has 0 saturated carbocycles. The number of hydrogen-bond acceptors (Lipinski definition) is 10. The number of aliphatic hydroxyl groups is 1. The first-order chi connectivity index (χ1) is 18.8. The van der Waals surface area contributed by atoms with Crippen molar-refractivity contribution in [2.24, 2.45) is 0 Å². The lowest BCUT2D eigenvalue weighted by Gasteiger charge is -2.42. The molecule has 2 unspecified atom stereocenters. The highest BCUT2D eigenvalue weighted by Gasteiger charge is 2.52. The molecule has 39 heavy (non-hydrogen) atoms. The third-order valence-corrected chi connectivity index (χ3v) is 5.80. The summed E-state index contributed by atoms with van der Waals surface area (Å²) in [7, 11) is 0. The van der Waals surface area contributed by atoms with Crippen molar-refractivity contribution in [1.82, 2.24) is 0 Å². The van der Waals surface area contributed by atoms with E-state index in [1.165, 1.54) is 24.3 Å². The van der Waals surface area contributed by atoms with Gasteiger partial charge in [0, 0.05) is 6.92 Å². The molecule has 1 fully saturated rings. The van der Waals surface area contributed by atoms with Gasteiger partial charge in [0.05, 0.1) is 16.7 Å². The van der Waals surface area contributed by atoms with Gasteiger partial charge in [0.2, 0.25) is 0 Å². The van der Waals surface area contributed by atoms with E-state index in [2.05, 4.69) is 0 Å². The van der Waals surface area contributed by atoms with Crippen LogP contribution in [0.4, 0.5) is 0 Å². The first-order valence-electron chi connectivity index (χ1n) is 12.1. The molecule has 0 aliphatic carbocycles. The standard InChI is InChI=1S/C29H26O10/c1-18(30)36-25-24(39-28(33)21-15-9-4-10-16-21)23(38-27(32)20-13-7-3-8-14-20)22(37-29(25)34)17-35-26(31)19-11-5-2-6-12-19/h2-16,22-25,29,34H,17H2,1H3/t22?,23-,24?,25-,29+/m0/s1. The largest absolute Gasteiger partial charge is 0.459 e. The van der Waals surface area contributed by atoms with Crippen LogP contribution in [0, 0.1) is 0 Å². The minimum absolute atomic E-state index is 0.167. The predicted octanol–water partition coefficient (Wildman–Crippen LogP) is 2.94. The van der Waals surface area contributed by atoms with Gasteiger partial charge in [0.25, 0.3) is 0 Å². The van der Waals surface area contributed by atoms with Crippen LogP contribution < -0.4 is 0 Å². The summed E-state index contributed by atoms with van der Waals surface area (Å²) in [4.78, 5) is 50.5.